The van der Waals surface area contributed by atoms with E-state index < -0.39 is 6.04 Å². The first-order chi connectivity index (χ1) is 15.1. The standard InChI is InChI=1S/C25H29N3O3/c26-16-24(27)25(30)28-13-11-22(12-14-28)15-21-7-3-19(4-8-21)1-2-20-5-9-23(10-6-20)17-31-18-29/h3-10,18,22,24H,11-17,26-27H2/t24-/m1/s1. The highest BCUT2D eigenvalue weighted by molar-refractivity contribution is 5.82. The van der Waals surface area contributed by atoms with E-state index >= 15 is 0 Å². The summed E-state index contributed by atoms with van der Waals surface area (Å²) in [5, 5.41) is 0. The number of likely N-dealkylation sites (tertiary alicyclic amines) is 1. The first-order valence-electron chi connectivity index (χ1n) is 10.6. The second-order valence-corrected chi connectivity index (χ2v) is 7.87. The Bertz CT molecular complexity index is 921. The molecule has 2 aromatic carbocycles. The van der Waals surface area contributed by atoms with Crippen LogP contribution in [0.5, 0.6) is 0 Å². The SMILES string of the molecule is NC[C@@H](N)C(=O)N1CCC(Cc2ccc(C#Cc3ccc(COC=O)cc3)cc2)CC1. The molecule has 1 saturated heterocycles. The molecule has 0 bridgehead atoms. The molecule has 0 aliphatic carbocycles. The highest BCUT2D eigenvalue weighted by Crippen LogP contribution is 2.22. The predicted octanol–water partition coefficient (Wildman–Crippen LogP) is 1.83. The molecule has 1 aliphatic rings. The fourth-order valence-electron chi connectivity index (χ4n) is 3.71. The van der Waals surface area contributed by atoms with Gasteiger partial charge in [-0.05, 0) is 60.6 Å². The number of nitrogens with zero attached hydrogens (tertiary/aromatic N) is 1. The lowest BCUT2D eigenvalue weighted by molar-refractivity contribution is -0.133. The molecule has 2 aromatic rings. The summed E-state index contributed by atoms with van der Waals surface area (Å²) in [4.78, 5) is 24.2. The second kappa shape index (κ2) is 11.3. The Morgan fingerprint density at radius 2 is 1.58 bits per heavy atom. The smallest absolute Gasteiger partial charge is 0.293 e. The molecule has 0 unspecified atom stereocenters. The summed E-state index contributed by atoms with van der Waals surface area (Å²) in [6.07, 6.45) is 2.97. The van der Waals surface area contributed by atoms with Gasteiger partial charge in [0.15, 0.2) is 0 Å². The minimum atomic E-state index is -0.584. The van der Waals surface area contributed by atoms with Crippen LogP contribution in [0.2, 0.25) is 0 Å². The van der Waals surface area contributed by atoms with Crippen LogP contribution in [0.4, 0.5) is 0 Å². The van der Waals surface area contributed by atoms with Gasteiger partial charge in [0.2, 0.25) is 5.91 Å². The summed E-state index contributed by atoms with van der Waals surface area (Å²) < 4.78 is 4.74. The number of piperidine rings is 1. The fraction of sp³-hybridized carbons (Fsp3) is 0.360. The molecule has 31 heavy (non-hydrogen) atoms. The van der Waals surface area contributed by atoms with Crippen LogP contribution in [0.15, 0.2) is 48.5 Å². The molecule has 1 amide bonds. The molecule has 162 valence electrons. The highest BCUT2D eigenvalue weighted by Gasteiger charge is 2.25. The minimum absolute atomic E-state index is 0.0344. The molecule has 1 heterocycles. The average molecular weight is 420 g/mol. The number of amides is 1. The van der Waals surface area contributed by atoms with E-state index in [1.165, 1.54) is 5.56 Å². The number of benzene rings is 2. The summed E-state index contributed by atoms with van der Waals surface area (Å²) >= 11 is 0. The van der Waals surface area contributed by atoms with E-state index in [0.29, 0.717) is 12.4 Å². The number of carbonyl (C=O) groups is 2. The Hall–Kier alpha value is -3.14. The average Bonchev–Trinajstić information content (AvgIpc) is 2.82. The number of ether oxygens (including phenoxy) is 1. The number of hydrogen-bond acceptors (Lipinski definition) is 5. The molecule has 0 aromatic heterocycles. The van der Waals surface area contributed by atoms with Crippen LogP contribution in [-0.4, -0.2) is 43.0 Å². The van der Waals surface area contributed by atoms with Crippen molar-refractivity contribution in [1.29, 1.82) is 0 Å². The zero-order valence-electron chi connectivity index (χ0n) is 17.6. The van der Waals surface area contributed by atoms with E-state index in [1.54, 1.807) is 0 Å². The van der Waals surface area contributed by atoms with Crippen LogP contribution >= 0.6 is 0 Å². The molecule has 3 rings (SSSR count). The van der Waals surface area contributed by atoms with Crippen molar-refractivity contribution in [2.24, 2.45) is 17.4 Å². The normalized spacial score (nSPS) is 15.0. The maximum Gasteiger partial charge on any atom is 0.293 e. The number of nitrogens with two attached hydrogens (primary N) is 2. The summed E-state index contributed by atoms with van der Waals surface area (Å²) in [7, 11) is 0. The molecule has 1 aliphatic heterocycles. The van der Waals surface area contributed by atoms with Crippen molar-refractivity contribution in [3.8, 4) is 11.8 Å². The zero-order chi connectivity index (χ0) is 22.1. The van der Waals surface area contributed by atoms with E-state index in [0.717, 1.165) is 49.0 Å². The fourth-order valence-corrected chi connectivity index (χ4v) is 3.71. The number of hydrogen-bond donors (Lipinski definition) is 2. The molecule has 0 radical (unpaired) electrons. The minimum Gasteiger partial charge on any atom is -0.463 e. The Labute approximate surface area is 183 Å². The zero-order valence-corrected chi connectivity index (χ0v) is 17.6. The van der Waals surface area contributed by atoms with E-state index in [1.807, 2.05) is 41.3 Å². The van der Waals surface area contributed by atoms with Gasteiger partial charge in [0.05, 0.1) is 6.04 Å². The topological polar surface area (TPSA) is 98.7 Å². The first-order valence-corrected chi connectivity index (χ1v) is 10.6. The van der Waals surface area contributed by atoms with Crippen LogP contribution in [0.25, 0.3) is 0 Å². The van der Waals surface area contributed by atoms with Crippen molar-refractivity contribution in [3.63, 3.8) is 0 Å². The third-order valence-corrected chi connectivity index (χ3v) is 5.60. The van der Waals surface area contributed by atoms with Gasteiger partial charge in [-0.1, -0.05) is 36.1 Å². The van der Waals surface area contributed by atoms with E-state index in [9.17, 15) is 9.59 Å². The third kappa shape index (κ3) is 6.68. The van der Waals surface area contributed by atoms with Gasteiger partial charge in [0.1, 0.15) is 6.61 Å². The van der Waals surface area contributed by atoms with Gasteiger partial charge in [-0.25, -0.2) is 0 Å². The molecule has 6 heteroatoms. The number of rotatable bonds is 7. The summed E-state index contributed by atoms with van der Waals surface area (Å²) in [5.74, 6) is 6.87. The summed E-state index contributed by atoms with van der Waals surface area (Å²) in [6, 6.07) is 15.4. The lowest BCUT2D eigenvalue weighted by Crippen LogP contribution is -2.50. The Morgan fingerprint density at radius 3 is 2.10 bits per heavy atom. The van der Waals surface area contributed by atoms with Gasteiger partial charge < -0.3 is 21.1 Å². The molecule has 0 spiro atoms. The van der Waals surface area contributed by atoms with Crippen LogP contribution in [0.1, 0.15) is 35.1 Å². The van der Waals surface area contributed by atoms with Gasteiger partial charge in [0.25, 0.3) is 6.47 Å². The lowest BCUT2D eigenvalue weighted by Gasteiger charge is -2.33. The van der Waals surface area contributed by atoms with Crippen LogP contribution in [0, 0.1) is 17.8 Å². The van der Waals surface area contributed by atoms with Gasteiger partial charge in [0, 0.05) is 30.8 Å². The van der Waals surface area contributed by atoms with Crippen molar-refractivity contribution < 1.29 is 14.3 Å². The van der Waals surface area contributed by atoms with Gasteiger partial charge in [-0.3, -0.25) is 9.59 Å². The van der Waals surface area contributed by atoms with Crippen molar-refractivity contribution in [2.45, 2.75) is 31.9 Å². The van der Waals surface area contributed by atoms with E-state index in [-0.39, 0.29) is 19.1 Å². The second-order valence-electron chi connectivity index (χ2n) is 7.87. The molecular formula is C25H29N3O3. The van der Waals surface area contributed by atoms with Crippen molar-refractivity contribution in [2.75, 3.05) is 19.6 Å². The van der Waals surface area contributed by atoms with E-state index in [2.05, 4.69) is 24.0 Å². The Morgan fingerprint density at radius 1 is 1.03 bits per heavy atom. The van der Waals surface area contributed by atoms with Gasteiger partial charge in [-0.15, -0.1) is 0 Å². The van der Waals surface area contributed by atoms with Crippen molar-refractivity contribution in [1.82, 2.24) is 4.90 Å². The lowest BCUT2D eigenvalue weighted by atomic mass is 9.89. The molecule has 6 nitrogen and oxygen atoms in total. The van der Waals surface area contributed by atoms with Crippen molar-refractivity contribution >= 4 is 12.4 Å². The Balaban J connectivity index is 1.49. The monoisotopic (exact) mass is 419 g/mol. The van der Waals surface area contributed by atoms with Gasteiger partial charge in [-0.2, -0.15) is 0 Å². The maximum atomic E-state index is 12.1. The largest absolute Gasteiger partial charge is 0.463 e. The molecule has 1 fully saturated rings. The first kappa shape index (κ1) is 22.5. The highest BCUT2D eigenvalue weighted by atomic mass is 16.5. The molecule has 4 N–H and O–H groups in total. The van der Waals surface area contributed by atoms with Crippen molar-refractivity contribution in [3.05, 3.63) is 70.8 Å². The quantitative estimate of drug-likeness (QED) is 0.527. The maximum absolute atomic E-state index is 12.1. The third-order valence-electron chi connectivity index (χ3n) is 5.60. The van der Waals surface area contributed by atoms with Gasteiger partial charge >= 0.3 is 0 Å². The summed E-state index contributed by atoms with van der Waals surface area (Å²) in [5.41, 5.74) is 15.4. The molecule has 0 saturated carbocycles. The van der Waals surface area contributed by atoms with E-state index in [4.69, 9.17) is 16.2 Å². The van der Waals surface area contributed by atoms with Crippen LogP contribution in [-0.2, 0) is 27.4 Å². The van der Waals surface area contributed by atoms with Crippen LogP contribution in [0.3, 0.4) is 0 Å². The predicted molar refractivity (Wildman–Crippen MR) is 120 cm³/mol. The molecule has 1 atom stereocenters. The number of carbonyl (C=O) groups excluding carboxylic acids is 2. The Kier molecular flexibility index (Phi) is 8.22. The molecular weight excluding hydrogens is 390 g/mol. The summed E-state index contributed by atoms with van der Waals surface area (Å²) in [6.45, 7) is 2.41. The van der Waals surface area contributed by atoms with Crippen LogP contribution < -0.4 is 11.5 Å².